The summed E-state index contributed by atoms with van der Waals surface area (Å²) in [5, 5.41) is 1.82. The number of thiophene rings is 1. The second kappa shape index (κ2) is 5.72. The molecule has 1 saturated heterocycles. The summed E-state index contributed by atoms with van der Waals surface area (Å²) in [4.78, 5) is 4.57. The van der Waals surface area contributed by atoms with E-state index in [4.69, 9.17) is 0 Å². The summed E-state index contributed by atoms with van der Waals surface area (Å²) >= 11 is 1.29. The van der Waals surface area contributed by atoms with Gasteiger partial charge in [-0.15, -0.1) is 11.3 Å². The summed E-state index contributed by atoms with van der Waals surface area (Å²) in [7, 11) is -3.30. The van der Waals surface area contributed by atoms with Gasteiger partial charge in [0.2, 0.25) is 0 Å². The smallest absolute Gasteiger partial charge is 0.252 e. The topological polar surface area (TPSA) is 55.2 Å². The molecule has 124 valence electrons. The Balaban J connectivity index is 1.47. The van der Waals surface area contributed by atoms with Crippen LogP contribution in [0.25, 0.3) is 0 Å². The third-order valence-corrected chi connectivity index (χ3v) is 8.02. The van der Waals surface area contributed by atoms with Crippen LogP contribution in [0.1, 0.15) is 36.8 Å². The molecular weight excluding hydrogens is 330 g/mol. The first-order chi connectivity index (χ1) is 11.1. The molecule has 3 heterocycles. The van der Waals surface area contributed by atoms with Crippen molar-refractivity contribution in [1.82, 2.24) is 13.9 Å². The monoisotopic (exact) mass is 351 g/mol. The minimum absolute atomic E-state index is 0.365. The highest BCUT2D eigenvalue weighted by molar-refractivity contribution is 7.91. The highest BCUT2D eigenvalue weighted by atomic mass is 32.2. The fraction of sp³-hybridized carbons (Fsp3) is 0.562. The van der Waals surface area contributed by atoms with Crippen LogP contribution in [0.4, 0.5) is 0 Å². The number of sulfonamides is 1. The Morgan fingerprint density at radius 1 is 1.35 bits per heavy atom. The Morgan fingerprint density at radius 3 is 2.87 bits per heavy atom. The number of aromatic nitrogens is 2. The zero-order valence-corrected chi connectivity index (χ0v) is 14.8. The van der Waals surface area contributed by atoms with Crippen molar-refractivity contribution in [3.63, 3.8) is 0 Å². The molecule has 2 aliphatic rings. The average molecular weight is 351 g/mol. The van der Waals surface area contributed by atoms with Gasteiger partial charge in [0.15, 0.2) is 0 Å². The van der Waals surface area contributed by atoms with Crippen LogP contribution in [0.3, 0.4) is 0 Å². The van der Waals surface area contributed by atoms with E-state index in [0.29, 0.717) is 29.3 Å². The van der Waals surface area contributed by atoms with Crippen molar-refractivity contribution in [2.75, 3.05) is 13.1 Å². The molecule has 7 heteroatoms. The minimum Gasteiger partial charge on any atom is -0.329 e. The van der Waals surface area contributed by atoms with E-state index in [9.17, 15) is 8.42 Å². The molecule has 2 fully saturated rings. The zero-order valence-electron chi connectivity index (χ0n) is 13.2. The summed E-state index contributed by atoms with van der Waals surface area (Å²) in [5.74, 6) is 1.49. The molecule has 0 N–H and O–H groups in total. The number of nitrogens with zero attached hydrogens (tertiary/aromatic N) is 3. The van der Waals surface area contributed by atoms with Gasteiger partial charge in [0.1, 0.15) is 10.0 Å². The van der Waals surface area contributed by atoms with Crippen molar-refractivity contribution >= 4 is 21.4 Å². The van der Waals surface area contributed by atoms with Gasteiger partial charge in [-0.05, 0) is 43.6 Å². The van der Waals surface area contributed by atoms with Crippen LogP contribution in [0.15, 0.2) is 27.9 Å². The molecule has 0 spiro atoms. The Morgan fingerprint density at radius 2 is 2.17 bits per heavy atom. The van der Waals surface area contributed by atoms with Crippen LogP contribution < -0.4 is 0 Å². The second-order valence-electron chi connectivity index (χ2n) is 6.57. The lowest BCUT2D eigenvalue weighted by molar-refractivity contribution is 0.451. The lowest BCUT2D eigenvalue weighted by Gasteiger charge is -2.16. The summed E-state index contributed by atoms with van der Waals surface area (Å²) in [6.07, 6.45) is 6.23. The first kappa shape index (κ1) is 15.4. The molecule has 1 unspecified atom stereocenters. The maximum absolute atomic E-state index is 12.6. The average Bonchev–Trinajstić information content (AvgIpc) is 2.98. The molecular formula is C16H21N3O2S2. The van der Waals surface area contributed by atoms with E-state index in [-0.39, 0.29) is 0 Å². The van der Waals surface area contributed by atoms with Crippen LogP contribution in [0.5, 0.6) is 0 Å². The minimum atomic E-state index is -3.30. The van der Waals surface area contributed by atoms with Gasteiger partial charge in [-0.25, -0.2) is 13.4 Å². The molecule has 2 aromatic heterocycles. The van der Waals surface area contributed by atoms with E-state index in [0.717, 1.165) is 18.7 Å². The standard InChI is InChI=1S/C16H21N3O2S2/c1-12-10-17-15(19(12)14-4-5-14)9-13-6-7-18(11-13)23(20,21)16-3-2-8-22-16/h2-3,8,10,13-14H,4-7,9,11H2,1H3. The van der Waals surface area contributed by atoms with Gasteiger partial charge in [-0.1, -0.05) is 6.07 Å². The maximum atomic E-state index is 12.6. The largest absolute Gasteiger partial charge is 0.329 e. The van der Waals surface area contributed by atoms with Gasteiger partial charge in [0.25, 0.3) is 10.0 Å². The highest BCUT2D eigenvalue weighted by Gasteiger charge is 2.35. The predicted molar refractivity (Wildman–Crippen MR) is 90.1 cm³/mol. The van der Waals surface area contributed by atoms with E-state index >= 15 is 0 Å². The quantitative estimate of drug-likeness (QED) is 0.832. The molecule has 4 rings (SSSR count). The Bertz CT molecular complexity index is 791. The van der Waals surface area contributed by atoms with Crippen LogP contribution in [0.2, 0.25) is 0 Å². The molecule has 1 aliphatic heterocycles. The first-order valence-electron chi connectivity index (χ1n) is 8.12. The fourth-order valence-corrected chi connectivity index (χ4v) is 6.13. The van der Waals surface area contributed by atoms with Crippen molar-refractivity contribution in [3.8, 4) is 0 Å². The number of hydrogen-bond donors (Lipinski definition) is 0. The van der Waals surface area contributed by atoms with Crippen molar-refractivity contribution in [1.29, 1.82) is 0 Å². The molecule has 0 radical (unpaired) electrons. The van der Waals surface area contributed by atoms with E-state index in [1.54, 1.807) is 16.4 Å². The van der Waals surface area contributed by atoms with E-state index in [1.807, 2.05) is 11.6 Å². The number of hydrogen-bond acceptors (Lipinski definition) is 4. The molecule has 1 aliphatic carbocycles. The SMILES string of the molecule is Cc1cnc(CC2CCN(S(=O)(=O)c3cccs3)C2)n1C1CC1. The summed E-state index contributed by atoms with van der Waals surface area (Å²) in [5.41, 5.74) is 1.23. The first-order valence-corrected chi connectivity index (χ1v) is 10.4. The van der Waals surface area contributed by atoms with Crippen LogP contribution in [-0.2, 0) is 16.4 Å². The summed E-state index contributed by atoms with van der Waals surface area (Å²) in [6, 6.07) is 4.11. The summed E-state index contributed by atoms with van der Waals surface area (Å²) in [6.45, 7) is 3.34. The normalized spacial score (nSPS) is 22.7. The highest BCUT2D eigenvalue weighted by Crippen LogP contribution is 2.38. The van der Waals surface area contributed by atoms with Crippen LogP contribution >= 0.6 is 11.3 Å². The zero-order chi connectivity index (χ0) is 16.0. The molecule has 0 aromatic carbocycles. The summed E-state index contributed by atoms with van der Waals surface area (Å²) < 4.78 is 29.6. The van der Waals surface area contributed by atoms with E-state index < -0.39 is 10.0 Å². The van der Waals surface area contributed by atoms with Gasteiger partial charge in [0.05, 0.1) is 0 Å². The number of rotatable bonds is 5. The number of imidazole rings is 1. The lowest BCUT2D eigenvalue weighted by Crippen LogP contribution is -2.28. The molecule has 5 nitrogen and oxygen atoms in total. The van der Waals surface area contributed by atoms with Gasteiger partial charge >= 0.3 is 0 Å². The van der Waals surface area contributed by atoms with Gasteiger partial charge in [-0.3, -0.25) is 0 Å². The second-order valence-corrected chi connectivity index (χ2v) is 9.68. The third kappa shape index (κ3) is 2.86. The van der Waals surface area contributed by atoms with Gasteiger partial charge in [0, 0.05) is 37.4 Å². The van der Waals surface area contributed by atoms with Crippen molar-refractivity contribution in [2.45, 2.75) is 42.9 Å². The third-order valence-electron chi connectivity index (χ3n) is 4.78. The molecule has 2 aromatic rings. The molecule has 23 heavy (non-hydrogen) atoms. The van der Waals surface area contributed by atoms with Crippen molar-refractivity contribution < 1.29 is 8.42 Å². The Kier molecular flexibility index (Phi) is 3.82. The number of aryl methyl sites for hydroxylation is 1. The van der Waals surface area contributed by atoms with Crippen molar-refractivity contribution in [3.05, 3.63) is 35.2 Å². The van der Waals surface area contributed by atoms with Crippen LogP contribution in [-0.4, -0.2) is 35.4 Å². The molecule has 0 amide bonds. The van der Waals surface area contributed by atoms with Gasteiger partial charge < -0.3 is 4.57 Å². The van der Waals surface area contributed by atoms with Crippen molar-refractivity contribution in [2.24, 2.45) is 5.92 Å². The van der Waals surface area contributed by atoms with Crippen LogP contribution in [0, 0.1) is 12.8 Å². The fourth-order valence-electron chi connectivity index (χ4n) is 3.46. The Labute approximate surface area is 141 Å². The Hall–Kier alpha value is -1.18. The van der Waals surface area contributed by atoms with E-state index in [1.165, 1.54) is 29.9 Å². The molecule has 0 bridgehead atoms. The molecule has 1 saturated carbocycles. The van der Waals surface area contributed by atoms with Gasteiger partial charge in [-0.2, -0.15) is 4.31 Å². The predicted octanol–water partition coefficient (Wildman–Crippen LogP) is 2.84. The van der Waals surface area contributed by atoms with E-state index in [2.05, 4.69) is 16.5 Å². The lowest BCUT2D eigenvalue weighted by atomic mass is 10.0. The molecule has 1 atom stereocenters. The maximum Gasteiger partial charge on any atom is 0.252 e.